The smallest absolute Gasteiger partial charge is 0.195 e. The lowest BCUT2D eigenvalue weighted by Crippen LogP contribution is -2.61. The number of hydrogen-bond donors (Lipinski definition) is 5. The molecule has 5 N–H and O–H groups in total. The van der Waals surface area contributed by atoms with Gasteiger partial charge in [0.25, 0.3) is 0 Å². The third-order valence-electron chi connectivity index (χ3n) is 1.91. The van der Waals surface area contributed by atoms with Gasteiger partial charge in [-0.3, -0.25) is 10.9 Å². The topological polar surface area (TPSA) is 68.3 Å². The molecule has 0 radical (unpaired) electrons. The van der Waals surface area contributed by atoms with Crippen molar-refractivity contribution in [1.82, 2.24) is 21.7 Å². The molecule has 0 aliphatic carbocycles. The normalized spacial score (nSPS) is 17.3. The number of nitrogens with one attached hydrogen (secondary N) is 4. The zero-order valence-electron chi connectivity index (χ0n) is 7.24. The maximum atomic E-state index is 9.56. The van der Waals surface area contributed by atoms with E-state index in [9.17, 15) is 5.11 Å². The fraction of sp³-hybridized carbons (Fsp3) is 0.125. The first kappa shape index (κ1) is 9.20. The fourth-order valence-corrected chi connectivity index (χ4v) is 1.35. The number of rotatable bonds is 1. The van der Waals surface area contributed by atoms with Crippen molar-refractivity contribution >= 4 is 17.3 Å². The average molecular weight is 210 g/mol. The van der Waals surface area contributed by atoms with Crippen LogP contribution in [0.4, 0.5) is 0 Å². The van der Waals surface area contributed by atoms with Gasteiger partial charge in [0.15, 0.2) is 5.11 Å². The monoisotopic (exact) mass is 210 g/mol. The van der Waals surface area contributed by atoms with Gasteiger partial charge >= 0.3 is 0 Å². The number of aromatic hydroxyl groups is 1. The summed E-state index contributed by atoms with van der Waals surface area (Å²) in [5.74, 6) is 0.230. The van der Waals surface area contributed by atoms with Gasteiger partial charge in [0.05, 0.1) is 0 Å². The Morgan fingerprint density at radius 3 is 2.43 bits per heavy atom. The van der Waals surface area contributed by atoms with Gasteiger partial charge < -0.3 is 5.11 Å². The summed E-state index contributed by atoms with van der Waals surface area (Å²) in [6.07, 6.45) is -0.220. The lowest BCUT2D eigenvalue weighted by atomic mass is 10.1. The first-order chi connectivity index (χ1) is 6.77. The Morgan fingerprint density at radius 2 is 1.79 bits per heavy atom. The fourth-order valence-electron chi connectivity index (χ4n) is 1.23. The Balaban J connectivity index is 2.16. The van der Waals surface area contributed by atoms with Crippen LogP contribution in [0.15, 0.2) is 24.3 Å². The number of hydrazine groups is 2. The van der Waals surface area contributed by atoms with Gasteiger partial charge in [-0.25, -0.2) is 10.9 Å². The minimum absolute atomic E-state index is 0.220. The van der Waals surface area contributed by atoms with Crippen LogP contribution in [-0.2, 0) is 0 Å². The van der Waals surface area contributed by atoms with E-state index in [1.165, 1.54) is 0 Å². The summed E-state index contributed by atoms with van der Waals surface area (Å²) in [5.41, 5.74) is 12.1. The minimum Gasteiger partial charge on any atom is -0.508 e. The van der Waals surface area contributed by atoms with E-state index < -0.39 is 0 Å². The summed E-state index contributed by atoms with van der Waals surface area (Å²) in [4.78, 5) is 0. The average Bonchev–Trinajstić information content (AvgIpc) is 2.20. The van der Waals surface area contributed by atoms with Crippen molar-refractivity contribution in [2.24, 2.45) is 0 Å². The molecule has 74 valence electrons. The Hall–Kier alpha value is -1.37. The molecule has 0 spiro atoms. The highest BCUT2D eigenvalue weighted by molar-refractivity contribution is 7.80. The highest BCUT2D eigenvalue weighted by atomic mass is 32.1. The van der Waals surface area contributed by atoms with Gasteiger partial charge in [-0.1, -0.05) is 18.2 Å². The predicted molar refractivity (Wildman–Crippen MR) is 56.0 cm³/mol. The van der Waals surface area contributed by atoms with Crippen LogP contribution in [0.5, 0.6) is 5.75 Å². The van der Waals surface area contributed by atoms with Crippen molar-refractivity contribution in [3.63, 3.8) is 0 Å². The van der Waals surface area contributed by atoms with E-state index in [0.29, 0.717) is 5.11 Å². The first-order valence-electron chi connectivity index (χ1n) is 4.12. The second kappa shape index (κ2) is 3.79. The van der Waals surface area contributed by atoms with Crippen LogP contribution in [0.2, 0.25) is 0 Å². The third kappa shape index (κ3) is 1.77. The van der Waals surface area contributed by atoms with Crippen LogP contribution < -0.4 is 21.7 Å². The van der Waals surface area contributed by atoms with Crippen LogP contribution in [0.1, 0.15) is 11.7 Å². The maximum Gasteiger partial charge on any atom is 0.195 e. The molecule has 1 heterocycles. The molecule has 0 bridgehead atoms. The molecule has 6 heteroatoms. The highest BCUT2D eigenvalue weighted by Gasteiger charge is 2.17. The summed E-state index contributed by atoms with van der Waals surface area (Å²) in [6.45, 7) is 0. The molecule has 1 aliphatic heterocycles. The summed E-state index contributed by atoms with van der Waals surface area (Å²) in [7, 11) is 0. The van der Waals surface area contributed by atoms with Crippen LogP contribution in [0.3, 0.4) is 0 Å². The minimum atomic E-state index is -0.220. The molecule has 0 saturated carbocycles. The molecular formula is C8H10N4OS. The number of thiocarbonyl (C=S) groups is 1. The van der Waals surface area contributed by atoms with Crippen LogP contribution >= 0.6 is 12.2 Å². The molecule has 0 aromatic heterocycles. The van der Waals surface area contributed by atoms with E-state index in [4.69, 9.17) is 12.2 Å². The number of phenolic OH excluding ortho intramolecular Hbond substituents is 1. The van der Waals surface area contributed by atoms with Crippen LogP contribution in [0, 0.1) is 0 Å². The molecule has 1 fully saturated rings. The van der Waals surface area contributed by atoms with E-state index in [1.807, 2.05) is 12.1 Å². The van der Waals surface area contributed by atoms with E-state index in [1.54, 1.807) is 12.1 Å². The van der Waals surface area contributed by atoms with Gasteiger partial charge in [0.1, 0.15) is 11.9 Å². The van der Waals surface area contributed by atoms with Gasteiger partial charge in [0.2, 0.25) is 0 Å². The van der Waals surface area contributed by atoms with Crippen LogP contribution in [0.25, 0.3) is 0 Å². The summed E-state index contributed by atoms with van der Waals surface area (Å²) < 4.78 is 0. The van der Waals surface area contributed by atoms with Gasteiger partial charge in [-0.05, 0) is 18.3 Å². The van der Waals surface area contributed by atoms with Crippen molar-refractivity contribution in [3.8, 4) is 5.75 Å². The standard InChI is InChI=1S/C8H10N4OS/c13-6-4-2-1-3-5(6)7-9-11-8(14)12-10-7/h1-4,7,9-10,13H,(H2,11,12,14). The van der Waals surface area contributed by atoms with Crippen molar-refractivity contribution in [3.05, 3.63) is 29.8 Å². The number of para-hydroxylation sites is 1. The lowest BCUT2D eigenvalue weighted by Gasteiger charge is -2.28. The van der Waals surface area contributed by atoms with E-state index in [0.717, 1.165) is 5.56 Å². The second-order valence-electron chi connectivity index (χ2n) is 2.86. The van der Waals surface area contributed by atoms with Crippen molar-refractivity contribution in [2.45, 2.75) is 6.17 Å². The lowest BCUT2D eigenvalue weighted by molar-refractivity contribution is 0.348. The Morgan fingerprint density at radius 1 is 1.14 bits per heavy atom. The summed E-state index contributed by atoms with van der Waals surface area (Å²) in [5, 5.41) is 10.0. The molecule has 0 unspecified atom stereocenters. The van der Waals surface area contributed by atoms with E-state index in [-0.39, 0.29) is 11.9 Å². The van der Waals surface area contributed by atoms with Crippen molar-refractivity contribution in [1.29, 1.82) is 0 Å². The number of phenols is 1. The van der Waals surface area contributed by atoms with Crippen molar-refractivity contribution in [2.75, 3.05) is 0 Å². The molecule has 1 aromatic carbocycles. The zero-order valence-corrected chi connectivity index (χ0v) is 8.06. The molecule has 1 saturated heterocycles. The van der Waals surface area contributed by atoms with Crippen molar-refractivity contribution < 1.29 is 5.11 Å². The molecule has 14 heavy (non-hydrogen) atoms. The predicted octanol–water partition coefficient (Wildman–Crippen LogP) is -0.122. The Kier molecular flexibility index (Phi) is 2.49. The molecule has 2 rings (SSSR count). The van der Waals surface area contributed by atoms with E-state index in [2.05, 4.69) is 21.7 Å². The first-order valence-corrected chi connectivity index (χ1v) is 4.53. The maximum absolute atomic E-state index is 9.56. The molecule has 1 aliphatic rings. The summed E-state index contributed by atoms with van der Waals surface area (Å²) >= 11 is 4.83. The van der Waals surface area contributed by atoms with Gasteiger partial charge in [-0.2, -0.15) is 0 Å². The van der Waals surface area contributed by atoms with E-state index >= 15 is 0 Å². The highest BCUT2D eigenvalue weighted by Crippen LogP contribution is 2.21. The second-order valence-corrected chi connectivity index (χ2v) is 3.27. The quantitative estimate of drug-likeness (QED) is 0.416. The Labute approximate surface area is 86.4 Å². The Bertz CT molecular complexity index is 347. The molecule has 0 amide bonds. The molecule has 1 aromatic rings. The zero-order chi connectivity index (χ0) is 9.97. The van der Waals surface area contributed by atoms with Crippen LogP contribution in [-0.4, -0.2) is 10.2 Å². The summed E-state index contributed by atoms with van der Waals surface area (Å²) in [6, 6.07) is 7.07. The number of benzene rings is 1. The van der Waals surface area contributed by atoms with Gasteiger partial charge in [0, 0.05) is 5.56 Å². The molecular weight excluding hydrogens is 200 g/mol. The SMILES string of the molecule is Oc1ccccc1C1NNC(=S)NN1. The number of hydrogen-bond acceptors (Lipinski definition) is 4. The third-order valence-corrected chi connectivity index (χ3v) is 2.11. The largest absolute Gasteiger partial charge is 0.508 e. The molecule has 5 nitrogen and oxygen atoms in total. The van der Waals surface area contributed by atoms with Gasteiger partial charge in [-0.15, -0.1) is 0 Å². The molecule has 0 atom stereocenters.